The Labute approximate surface area is 133 Å². The lowest BCUT2D eigenvalue weighted by Crippen LogP contribution is -2.24. The van der Waals surface area contributed by atoms with E-state index in [0.717, 1.165) is 5.56 Å². The molecule has 0 saturated heterocycles. The van der Waals surface area contributed by atoms with Crippen LogP contribution in [-0.2, 0) is 11.3 Å². The second-order valence-corrected chi connectivity index (χ2v) is 4.79. The van der Waals surface area contributed by atoms with E-state index in [0.29, 0.717) is 5.56 Å². The van der Waals surface area contributed by atoms with Gasteiger partial charge in [0.05, 0.1) is 11.6 Å². The fourth-order valence-corrected chi connectivity index (χ4v) is 1.80. The topological polar surface area (TPSA) is 58.6 Å². The van der Waals surface area contributed by atoms with Gasteiger partial charge in [-0.1, -0.05) is 53.8 Å². The number of nitrogens with one attached hydrogen (secondary N) is 1. The fourth-order valence-electron chi connectivity index (χ4n) is 1.62. The molecule has 0 aromatic heterocycles. The highest BCUT2D eigenvalue weighted by Gasteiger charge is 2.00. The van der Waals surface area contributed by atoms with Crippen molar-refractivity contribution < 1.29 is 14.6 Å². The monoisotopic (exact) mass is 315 g/mol. The number of carbonyl (C=O) groups is 1. The van der Waals surface area contributed by atoms with Crippen molar-refractivity contribution in [3.63, 3.8) is 0 Å². The zero-order chi connectivity index (χ0) is 15.8. The van der Waals surface area contributed by atoms with Gasteiger partial charge in [-0.3, -0.25) is 0 Å². The summed E-state index contributed by atoms with van der Waals surface area (Å²) in [7, 11) is 0. The second-order valence-electron chi connectivity index (χ2n) is 4.38. The summed E-state index contributed by atoms with van der Waals surface area (Å²) in [6.07, 6.45) is -0.526. The molecule has 0 heterocycles. The van der Waals surface area contributed by atoms with Crippen LogP contribution >= 0.6 is 11.6 Å². The Hall–Kier alpha value is -2.64. The van der Waals surface area contributed by atoms with Gasteiger partial charge in [0.2, 0.25) is 0 Å². The first kappa shape index (κ1) is 15.7. The van der Waals surface area contributed by atoms with E-state index in [9.17, 15) is 9.90 Å². The van der Waals surface area contributed by atoms with E-state index in [1.165, 1.54) is 6.07 Å². The molecule has 0 fully saturated rings. The molecule has 0 aliphatic carbocycles. The molecule has 0 aliphatic rings. The lowest BCUT2D eigenvalue weighted by molar-refractivity contribution is 0.141. The number of halogens is 1. The van der Waals surface area contributed by atoms with Gasteiger partial charge >= 0.3 is 6.09 Å². The Morgan fingerprint density at radius 1 is 1.23 bits per heavy atom. The first-order valence-electron chi connectivity index (χ1n) is 6.57. The van der Waals surface area contributed by atoms with E-state index in [-0.39, 0.29) is 23.9 Å². The van der Waals surface area contributed by atoms with Crippen molar-refractivity contribution >= 4 is 17.7 Å². The lowest BCUT2D eigenvalue weighted by atomic mass is 10.2. The highest BCUT2D eigenvalue weighted by molar-refractivity contribution is 6.32. The van der Waals surface area contributed by atoms with Crippen molar-refractivity contribution in [1.82, 2.24) is 5.32 Å². The van der Waals surface area contributed by atoms with E-state index < -0.39 is 6.09 Å². The van der Waals surface area contributed by atoms with Crippen LogP contribution < -0.4 is 5.32 Å². The number of aromatic hydroxyl groups is 1. The van der Waals surface area contributed by atoms with Gasteiger partial charge in [-0.05, 0) is 23.8 Å². The number of amides is 1. The molecule has 2 N–H and O–H groups in total. The van der Waals surface area contributed by atoms with Gasteiger partial charge in [0, 0.05) is 5.56 Å². The summed E-state index contributed by atoms with van der Waals surface area (Å²) >= 11 is 5.77. The highest BCUT2D eigenvalue weighted by atomic mass is 35.5. The van der Waals surface area contributed by atoms with Gasteiger partial charge in [-0.25, -0.2) is 4.79 Å². The van der Waals surface area contributed by atoms with Gasteiger partial charge in [0.1, 0.15) is 12.4 Å². The molecule has 0 radical (unpaired) electrons. The standard InChI is InChI=1S/C17H14ClNO3/c18-15-11-13(8-9-16(15)20)7-4-10-19-17(21)22-12-14-5-2-1-3-6-14/h1-3,5-6,8-9,11,20H,10,12H2,(H,19,21). The zero-order valence-corrected chi connectivity index (χ0v) is 12.4. The van der Waals surface area contributed by atoms with Crippen LogP contribution in [0.2, 0.25) is 5.02 Å². The minimum absolute atomic E-state index is 0.00910. The molecule has 112 valence electrons. The summed E-state index contributed by atoms with van der Waals surface area (Å²) in [6, 6.07) is 14.1. The lowest BCUT2D eigenvalue weighted by Gasteiger charge is -2.04. The van der Waals surface area contributed by atoms with E-state index >= 15 is 0 Å². The van der Waals surface area contributed by atoms with E-state index in [1.807, 2.05) is 30.3 Å². The van der Waals surface area contributed by atoms with Gasteiger partial charge in [-0.2, -0.15) is 0 Å². The predicted molar refractivity (Wildman–Crippen MR) is 84.6 cm³/mol. The minimum Gasteiger partial charge on any atom is -0.506 e. The summed E-state index contributed by atoms with van der Waals surface area (Å²) in [4.78, 5) is 11.5. The first-order valence-corrected chi connectivity index (χ1v) is 6.95. The number of hydrogen-bond donors (Lipinski definition) is 2. The molecule has 2 aromatic carbocycles. The minimum atomic E-state index is -0.526. The van der Waals surface area contributed by atoms with Crippen molar-refractivity contribution in [2.45, 2.75) is 6.61 Å². The third-order valence-electron chi connectivity index (χ3n) is 2.71. The van der Waals surface area contributed by atoms with E-state index in [2.05, 4.69) is 17.2 Å². The molecule has 0 aliphatic heterocycles. The Kier molecular flexibility index (Phi) is 5.70. The molecule has 0 saturated carbocycles. The number of hydrogen-bond acceptors (Lipinski definition) is 3. The average Bonchev–Trinajstić information content (AvgIpc) is 2.54. The van der Waals surface area contributed by atoms with Gasteiger partial charge in [0.15, 0.2) is 0 Å². The molecule has 2 aromatic rings. The predicted octanol–water partition coefficient (Wildman–Crippen LogP) is 3.32. The van der Waals surface area contributed by atoms with Crippen LogP contribution in [0.3, 0.4) is 0 Å². The third-order valence-corrected chi connectivity index (χ3v) is 3.02. The van der Waals surface area contributed by atoms with Crippen LogP contribution in [0, 0.1) is 11.8 Å². The van der Waals surface area contributed by atoms with Crippen LogP contribution in [0.1, 0.15) is 11.1 Å². The fraction of sp³-hybridized carbons (Fsp3) is 0.118. The van der Waals surface area contributed by atoms with Crippen molar-refractivity contribution in [3.8, 4) is 17.6 Å². The summed E-state index contributed by atoms with van der Waals surface area (Å²) in [5.41, 5.74) is 1.57. The Bertz CT molecular complexity index is 705. The van der Waals surface area contributed by atoms with Crippen molar-refractivity contribution in [3.05, 3.63) is 64.7 Å². The van der Waals surface area contributed by atoms with Gasteiger partial charge in [-0.15, -0.1) is 0 Å². The Balaban J connectivity index is 1.75. The molecule has 0 unspecified atom stereocenters. The van der Waals surface area contributed by atoms with Crippen LogP contribution in [-0.4, -0.2) is 17.7 Å². The van der Waals surface area contributed by atoms with Crippen LogP contribution in [0.15, 0.2) is 48.5 Å². The molecule has 0 bridgehead atoms. The quantitative estimate of drug-likeness (QED) is 0.854. The molecule has 0 atom stereocenters. The molecule has 2 rings (SSSR count). The van der Waals surface area contributed by atoms with Crippen LogP contribution in [0.5, 0.6) is 5.75 Å². The smallest absolute Gasteiger partial charge is 0.408 e. The molecule has 1 amide bonds. The van der Waals surface area contributed by atoms with Crippen LogP contribution in [0.25, 0.3) is 0 Å². The number of benzene rings is 2. The number of phenolic OH excluding ortho intramolecular Hbond substituents is 1. The number of phenols is 1. The number of rotatable bonds is 3. The van der Waals surface area contributed by atoms with E-state index in [1.54, 1.807) is 12.1 Å². The molecule has 4 nitrogen and oxygen atoms in total. The summed E-state index contributed by atoms with van der Waals surface area (Å²) in [5.74, 6) is 5.61. The number of ether oxygens (including phenoxy) is 1. The maximum absolute atomic E-state index is 11.5. The number of alkyl carbamates (subject to hydrolysis) is 1. The van der Waals surface area contributed by atoms with Crippen molar-refractivity contribution in [2.75, 3.05) is 6.54 Å². The normalized spacial score (nSPS) is 9.50. The van der Waals surface area contributed by atoms with Crippen molar-refractivity contribution in [1.29, 1.82) is 0 Å². The molecular weight excluding hydrogens is 302 g/mol. The SMILES string of the molecule is O=C(NCC#Cc1ccc(O)c(Cl)c1)OCc1ccccc1. The Morgan fingerprint density at radius 2 is 2.00 bits per heavy atom. The average molecular weight is 316 g/mol. The maximum Gasteiger partial charge on any atom is 0.408 e. The summed E-state index contributed by atoms with van der Waals surface area (Å²) < 4.78 is 5.04. The number of carbonyl (C=O) groups excluding carboxylic acids is 1. The summed E-state index contributed by atoms with van der Waals surface area (Å²) in [6.45, 7) is 0.375. The highest BCUT2D eigenvalue weighted by Crippen LogP contribution is 2.22. The molecular formula is C17H14ClNO3. The van der Waals surface area contributed by atoms with Crippen LogP contribution in [0.4, 0.5) is 4.79 Å². The molecule has 5 heteroatoms. The largest absolute Gasteiger partial charge is 0.506 e. The first-order chi connectivity index (χ1) is 10.6. The van der Waals surface area contributed by atoms with Gasteiger partial charge < -0.3 is 15.2 Å². The van der Waals surface area contributed by atoms with Gasteiger partial charge in [0.25, 0.3) is 0 Å². The maximum atomic E-state index is 11.5. The Morgan fingerprint density at radius 3 is 2.73 bits per heavy atom. The molecule has 0 spiro atoms. The second kappa shape index (κ2) is 7.96. The molecule has 22 heavy (non-hydrogen) atoms. The third kappa shape index (κ3) is 5.04. The summed E-state index contributed by atoms with van der Waals surface area (Å²) in [5, 5.41) is 12.1. The zero-order valence-electron chi connectivity index (χ0n) is 11.7. The van der Waals surface area contributed by atoms with Crippen molar-refractivity contribution in [2.24, 2.45) is 0 Å². The van der Waals surface area contributed by atoms with E-state index in [4.69, 9.17) is 16.3 Å².